The third-order valence-electron chi connectivity index (χ3n) is 3.37. The molecule has 0 aliphatic carbocycles. The van der Waals surface area contributed by atoms with Gasteiger partial charge in [0.05, 0.1) is 7.11 Å². The number of hydrogen-bond acceptors (Lipinski definition) is 5. The lowest BCUT2D eigenvalue weighted by molar-refractivity contribution is -0.132. The Morgan fingerprint density at radius 2 is 1.75 bits per heavy atom. The number of esters is 1. The van der Waals surface area contributed by atoms with Gasteiger partial charge in [-0.1, -0.05) is 42.5 Å². The fourth-order valence-electron chi connectivity index (χ4n) is 2.08. The van der Waals surface area contributed by atoms with Gasteiger partial charge in [-0.05, 0) is 31.5 Å². The van der Waals surface area contributed by atoms with Crippen LogP contribution in [0.3, 0.4) is 0 Å². The fraction of sp³-hybridized carbons (Fsp3) is 0.211. The summed E-state index contributed by atoms with van der Waals surface area (Å²) in [6.07, 6.45) is 1.58. The summed E-state index contributed by atoms with van der Waals surface area (Å²) >= 11 is 0. The lowest BCUT2D eigenvalue weighted by Crippen LogP contribution is -2.23. The van der Waals surface area contributed by atoms with Crippen LogP contribution in [0.25, 0.3) is 0 Å². The molecular formula is C19H21NO4. The van der Waals surface area contributed by atoms with E-state index in [1.54, 1.807) is 25.1 Å². The smallest absolute Gasteiger partial charge is 0.361 e. The highest BCUT2D eigenvalue weighted by molar-refractivity contribution is 5.89. The molecule has 0 heterocycles. The van der Waals surface area contributed by atoms with Gasteiger partial charge in [0.1, 0.15) is 23.8 Å². The van der Waals surface area contributed by atoms with Gasteiger partial charge in [-0.2, -0.15) is 0 Å². The summed E-state index contributed by atoms with van der Waals surface area (Å²) in [5, 5.41) is 0. The number of allylic oxidation sites excluding steroid dienone is 1. The van der Waals surface area contributed by atoms with Gasteiger partial charge in [0.25, 0.3) is 0 Å². The van der Waals surface area contributed by atoms with Crippen molar-refractivity contribution in [2.45, 2.75) is 20.5 Å². The molecule has 0 aromatic heterocycles. The van der Waals surface area contributed by atoms with Crippen LogP contribution in [0, 0.1) is 6.92 Å². The van der Waals surface area contributed by atoms with Crippen molar-refractivity contribution >= 4 is 5.97 Å². The molecule has 5 heteroatoms. The molecule has 0 unspecified atom stereocenters. The van der Waals surface area contributed by atoms with Crippen molar-refractivity contribution in [2.75, 3.05) is 7.11 Å². The summed E-state index contributed by atoms with van der Waals surface area (Å²) in [6, 6.07) is 15.0. The van der Waals surface area contributed by atoms with E-state index in [1.165, 1.54) is 7.11 Å². The molecule has 126 valence electrons. The third kappa shape index (κ3) is 4.60. The number of ether oxygens (including phenoxy) is 2. The van der Waals surface area contributed by atoms with Gasteiger partial charge < -0.3 is 9.47 Å². The maximum Gasteiger partial charge on any atom is 0.361 e. The third-order valence-corrected chi connectivity index (χ3v) is 3.37. The van der Waals surface area contributed by atoms with Crippen LogP contribution in [0.1, 0.15) is 18.1 Å². The van der Waals surface area contributed by atoms with Crippen LogP contribution in [0.2, 0.25) is 0 Å². The average molecular weight is 327 g/mol. The minimum absolute atomic E-state index is 0.229. The van der Waals surface area contributed by atoms with E-state index in [1.807, 2.05) is 43.3 Å². The fourth-order valence-corrected chi connectivity index (χ4v) is 2.08. The quantitative estimate of drug-likeness (QED) is 0.365. The van der Waals surface area contributed by atoms with Gasteiger partial charge in [0.2, 0.25) is 0 Å². The molecule has 0 radical (unpaired) electrons. The minimum Gasteiger partial charge on any atom is -0.488 e. The van der Waals surface area contributed by atoms with Crippen molar-refractivity contribution in [3.63, 3.8) is 0 Å². The van der Waals surface area contributed by atoms with E-state index >= 15 is 0 Å². The van der Waals surface area contributed by atoms with E-state index < -0.39 is 5.97 Å². The Bertz CT molecular complexity index is 725. The van der Waals surface area contributed by atoms with E-state index in [0.717, 1.165) is 16.9 Å². The molecule has 0 bridgehead atoms. The molecule has 5 nitrogen and oxygen atoms in total. The molecule has 1 N–H and O–H groups in total. The number of carbonyl (C=O) groups excluding carboxylic acids is 1. The average Bonchev–Trinajstić information content (AvgIpc) is 2.60. The Kier molecular flexibility index (Phi) is 6.40. The number of aryl methyl sites for hydroxylation is 1. The normalized spacial score (nSPS) is 11.0. The van der Waals surface area contributed by atoms with E-state index in [0.29, 0.717) is 12.4 Å². The van der Waals surface area contributed by atoms with Crippen molar-refractivity contribution in [1.82, 2.24) is 5.48 Å². The Morgan fingerprint density at radius 3 is 2.42 bits per heavy atom. The lowest BCUT2D eigenvalue weighted by Gasteiger charge is -2.13. The second-order valence-corrected chi connectivity index (χ2v) is 5.06. The van der Waals surface area contributed by atoms with Crippen molar-refractivity contribution in [1.29, 1.82) is 0 Å². The maximum absolute atomic E-state index is 12.1. The van der Waals surface area contributed by atoms with Gasteiger partial charge in [-0.25, -0.2) is 4.79 Å². The van der Waals surface area contributed by atoms with Gasteiger partial charge in [-0.15, -0.1) is 0 Å². The van der Waals surface area contributed by atoms with Crippen LogP contribution in [-0.4, -0.2) is 13.1 Å². The number of hydroxylamine groups is 1. The number of hydrogen-bond donors (Lipinski definition) is 1. The van der Waals surface area contributed by atoms with Crippen molar-refractivity contribution in [2.24, 2.45) is 0 Å². The zero-order chi connectivity index (χ0) is 17.4. The number of nitrogens with one attached hydrogen (secondary N) is 1. The SMILES string of the molecule is CC=C(NOC)C(=O)Oc1ccccc1COc1ccccc1C. The molecule has 2 aromatic carbocycles. The first kappa shape index (κ1) is 17.6. The summed E-state index contributed by atoms with van der Waals surface area (Å²) in [4.78, 5) is 16.9. The molecule has 24 heavy (non-hydrogen) atoms. The molecule has 2 aromatic rings. The van der Waals surface area contributed by atoms with Crippen LogP contribution in [0.5, 0.6) is 11.5 Å². The summed E-state index contributed by atoms with van der Waals surface area (Å²) in [5.74, 6) is 0.727. The van der Waals surface area contributed by atoms with E-state index in [-0.39, 0.29) is 5.70 Å². The molecule has 0 fully saturated rings. The molecular weight excluding hydrogens is 306 g/mol. The van der Waals surface area contributed by atoms with Crippen LogP contribution in [-0.2, 0) is 16.2 Å². The predicted octanol–water partition coefficient (Wildman–Crippen LogP) is 3.53. The van der Waals surface area contributed by atoms with Gasteiger partial charge >= 0.3 is 5.97 Å². The van der Waals surface area contributed by atoms with Crippen molar-refractivity contribution < 1.29 is 19.1 Å². The summed E-state index contributed by atoms with van der Waals surface area (Å²) < 4.78 is 11.3. The Hall–Kier alpha value is -2.79. The molecule has 0 amide bonds. The second kappa shape index (κ2) is 8.74. The van der Waals surface area contributed by atoms with Crippen LogP contribution >= 0.6 is 0 Å². The standard InChI is InChI=1S/C19H21NO4/c1-4-16(20-22-3)19(21)24-18-12-8-6-10-15(18)13-23-17-11-7-5-9-14(17)2/h4-12,20H,13H2,1-3H3. The topological polar surface area (TPSA) is 56.8 Å². The van der Waals surface area contributed by atoms with Crippen LogP contribution < -0.4 is 15.0 Å². The highest BCUT2D eigenvalue weighted by atomic mass is 16.6. The largest absolute Gasteiger partial charge is 0.488 e. The number of para-hydroxylation sites is 2. The summed E-state index contributed by atoms with van der Waals surface area (Å²) in [5.41, 5.74) is 4.55. The Balaban J connectivity index is 2.10. The monoisotopic (exact) mass is 327 g/mol. The van der Waals surface area contributed by atoms with Crippen LogP contribution in [0.4, 0.5) is 0 Å². The lowest BCUT2D eigenvalue weighted by atomic mass is 10.2. The van der Waals surface area contributed by atoms with Crippen molar-refractivity contribution in [3.05, 3.63) is 71.4 Å². The van der Waals surface area contributed by atoms with Gasteiger partial charge in [-0.3, -0.25) is 10.3 Å². The number of benzene rings is 2. The number of carbonyl (C=O) groups is 1. The molecule has 0 atom stereocenters. The minimum atomic E-state index is -0.525. The van der Waals surface area contributed by atoms with E-state index in [4.69, 9.17) is 14.3 Å². The van der Waals surface area contributed by atoms with Crippen LogP contribution in [0.15, 0.2) is 60.3 Å². The van der Waals surface area contributed by atoms with Gasteiger partial charge in [0.15, 0.2) is 0 Å². The molecule has 0 aliphatic heterocycles. The molecule has 0 aliphatic rings. The first-order valence-electron chi connectivity index (χ1n) is 7.59. The first-order valence-corrected chi connectivity index (χ1v) is 7.59. The second-order valence-electron chi connectivity index (χ2n) is 5.06. The Morgan fingerprint density at radius 1 is 1.08 bits per heavy atom. The predicted molar refractivity (Wildman–Crippen MR) is 91.5 cm³/mol. The number of rotatable bonds is 7. The molecule has 0 saturated heterocycles. The van der Waals surface area contributed by atoms with Crippen molar-refractivity contribution in [3.8, 4) is 11.5 Å². The zero-order valence-corrected chi connectivity index (χ0v) is 14.0. The molecule has 2 rings (SSSR count). The first-order chi connectivity index (χ1) is 11.7. The maximum atomic E-state index is 12.1. The van der Waals surface area contributed by atoms with E-state index in [9.17, 15) is 4.79 Å². The zero-order valence-electron chi connectivity index (χ0n) is 14.0. The highest BCUT2D eigenvalue weighted by Gasteiger charge is 2.14. The van der Waals surface area contributed by atoms with E-state index in [2.05, 4.69) is 5.48 Å². The summed E-state index contributed by atoms with van der Waals surface area (Å²) in [7, 11) is 1.43. The molecule has 0 saturated carbocycles. The summed E-state index contributed by atoms with van der Waals surface area (Å²) in [6.45, 7) is 4.00. The highest BCUT2D eigenvalue weighted by Crippen LogP contribution is 2.23. The van der Waals surface area contributed by atoms with Gasteiger partial charge in [0, 0.05) is 5.56 Å². The molecule has 0 spiro atoms. The Labute approximate surface area is 141 Å².